The molecule has 0 atom stereocenters. The van der Waals surface area contributed by atoms with E-state index in [9.17, 15) is 4.79 Å². The molecule has 0 aromatic rings. The molecule has 0 bridgehead atoms. The predicted octanol–water partition coefficient (Wildman–Crippen LogP) is 3.68. The Hall–Kier alpha value is -0.570. The van der Waals surface area contributed by atoms with Crippen molar-refractivity contribution in [2.24, 2.45) is 5.41 Å². The minimum atomic E-state index is -0.173. The Morgan fingerprint density at radius 1 is 1.05 bits per heavy atom. The van der Waals surface area contributed by atoms with Gasteiger partial charge >= 0.3 is 0 Å². The molecule has 0 radical (unpaired) electrons. The topological polar surface area (TPSA) is 23.6 Å². The highest BCUT2D eigenvalue weighted by atomic mass is 16.2. The van der Waals surface area contributed by atoms with Crippen molar-refractivity contribution in [2.45, 2.75) is 78.2 Å². The van der Waals surface area contributed by atoms with E-state index in [0.717, 1.165) is 32.0 Å². The molecule has 0 spiro atoms. The summed E-state index contributed by atoms with van der Waals surface area (Å²) in [5, 5.41) is 0. The van der Waals surface area contributed by atoms with Crippen molar-refractivity contribution in [3.05, 3.63) is 0 Å². The molecule has 0 N–H and O–H groups in total. The number of carbonyl (C=O) groups excluding carboxylic acids is 1. The van der Waals surface area contributed by atoms with Gasteiger partial charge in [0.25, 0.3) is 0 Å². The molecule has 3 nitrogen and oxygen atoms in total. The molecular formula is C18H34N2O. The lowest BCUT2D eigenvalue weighted by atomic mass is 9.85. The molecule has 0 saturated carbocycles. The van der Waals surface area contributed by atoms with Crippen LogP contribution >= 0.6 is 0 Å². The molecule has 0 unspecified atom stereocenters. The van der Waals surface area contributed by atoms with Crippen molar-refractivity contribution in [1.82, 2.24) is 9.80 Å². The zero-order valence-corrected chi connectivity index (χ0v) is 14.4. The van der Waals surface area contributed by atoms with E-state index in [4.69, 9.17) is 0 Å². The maximum absolute atomic E-state index is 12.7. The first-order valence-electron chi connectivity index (χ1n) is 9.08. The average molecular weight is 294 g/mol. The Morgan fingerprint density at radius 3 is 2.24 bits per heavy atom. The molecule has 2 saturated heterocycles. The van der Waals surface area contributed by atoms with E-state index < -0.39 is 0 Å². The number of hydrogen-bond donors (Lipinski definition) is 0. The van der Waals surface area contributed by atoms with Crippen LogP contribution < -0.4 is 0 Å². The second-order valence-electron chi connectivity index (χ2n) is 7.61. The van der Waals surface area contributed by atoms with E-state index in [1.807, 2.05) is 0 Å². The summed E-state index contributed by atoms with van der Waals surface area (Å²) >= 11 is 0. The highest BCUT2D eigenvalue weighted by Gasteiger charge is 2.34. The Morgan fingerprint density at radius 2 is 1.67 bits per heavy atom. The van der Waals surface area contributed by atoms with Crippen molar-refractivity contribution >= 4 is 5.91 Å². The van der Waals surface area contributed by atoms with E-state index in [0.29, 0.717) is 5.91 Å². The number of nitrogens with zero attached hydrogens (tertiary/aromatic N) is 2. The first-order valence-corrected chi connectivity index (χ1v) is 9.08. The third kappa shape index (κ3) is 4.45. The SMILES string of the molecule is CCCCC(C)(C)C(=O)N1CCC(N2CCCCC2)CC1. The van der Waals surface area contributed by atoms with Crippen LogP contribution in [0.25, 0.3) is 0 Å². The molecule has 2 fully saturated rings. The van der Waals surface area contributed by atoms with Gasteiger partial charge in [-0.1, -0.05) is 40.0 Å². The summed E-state index contributed by atoms with van der Waals surface area (Å²) < 4.78 is 0. The standard InChI is InChI=1S/C18H34N2O/c1-4-5-11-18(2,3)17(21)20-14-9-16(10-15-20)19-12-7-6-8-13-19/h16H,4-15H2,1-3H3. The third-order valence-corrected chi connectivity index (χ3v) is 5.39. The van der Waals surface area contributed by atoms with Crippen LogP contribution in [0.4, 0.5) is 0 Å². The Bertz CT molecular complexity index is 326. The number of likely N-dealkylation sites (tertiary alicyclic amines) is 2. The van der Waals surface area contributed by atoms with Gasteiger partial charge in [-0.25, -0.2) is 0 Å². The summed E-state index contributed by atoms with van der Waals surface area (Å²) in [6.07, 6.45) is 9.84. The van der Waals surface area contributed by atoms with Crippen LogP contribution in [-0.4, -0.2) is 47.9 Å². The van der Waals surface area contributed by atoms with Crippen LogP contribution in [0.5, 0.6) is 0 Å². The second-order valence-corrected chi connectivity index (χ2v) is 7.61. The van der Waals surface area contributed by atoms with E-state index in [-0.39, 0.29) is 5.41 Å². The lowest BCUT2D eigenvalue weighted by Crippen LogP contribution is -2.50. The molecule has 0 aromatic heterocycles. The van der Waals surface area contributed by atoms with Gasteiger partial charge in [-0.3, -0.25) is 4.79 Å². The normalized spacial score (nSPS) is 22.5. The Balaban J connectivity index is 1.81. The molecule has 0 aliphatic carbocycles. The largest absolute Gasteiger partial charge is 0.342 e. The monoisotopic (exact) mass is 294 g/mol. The predicted molar refractivity (Wildman–Crippen MR) is 88.3 cm³/mol. The molecule has 2 heterocycles. The fourth-order valence-electron chi connectivity index (χ4n) is 3.87. The Kier molecular flexibility index (Phi) is 6.09. The van der Waals surface area contributed by atoms with Gasteiger partial charge < -0.3 is 9.80 Å². The molecule has 122 valence electrons. The van der Waals surface area contributed by atoms with Crippen molar-refractivity contribution in [3.8, 4) is 0 Å². The first-order chi connectivity index (χ1) is 10.0. The average Bonchev–Trinajstić information content (AvgIpc) is 2.53. The maximum Gasteiger partial charge on any atom is 0.228 e. The number of carbonyl (C=O) groups is 1. The highest BCUT2D eigenvalue weighted by molar-refractivity contribution is 5.82. The van der Waals surface area contributed by atoms with Crippen molar-refractivity contribution in [2.75, 3.05) is 26.2 Å². The molecule has 3 heteroatoms. The number of unbranched alkanes of at least 4 members (excludes halogenated alkanes) is 1. The zero-order valence-electron chi connectivity index (χ0n) is 14.4. The summed E-state index contributed by atoms with van der Waals surface area (Å²) in [5.41, 5.74) is -0.173. The minimum absolute atomic E-state index is 0.173. The molecule has 2 rings (SSSR count). The number of rotatable bonds is 5. The summed E-state index contributed by atoms with van der Waals surface area (Å²) in [6, 6.07) is 0.730. The van der Waals surface area contributed by atoms with Crippen molar-refractivity contribution < 1.29 is 4.79 Å². The number of hydrogen-bond acceptors (Lipinski definition) is 2. The van der Waals surface area contributed by atoms with Gasteiger partial charge in [0.1, 0.15) is 0 Å². The third-order valence-electron chi connectivity index (χ3n) is 5.39. The fraction of sp³-hybridized carbons (Fsp3) is 0.944. The van der Waals surface area contributed by atoms with E-state index in [2.05, 4.69) is 30.6 Å². The van der Waals surface area contributed by atoms with Gasteiger partial charge in [-0.05, 0) is 45.2 Å². The van der Waals surface area contributed by atoms with Crippen LogP contribution in [0.2, 0.25) is 0 Å². The summed E-state index contributed by atoms with van der Waals surface area (Å²) in [6.45, 7) is 10.9. The zero-order chi connectivity index (χ0) is 15.3. The maximum atomic E-state index is 12.7. The number of amides is 1. The molecular weight excluding hydrogens is 260 g/mol. The minimum Gasteiger partial charge on any atom is -0.342 e. The van der Waals surface area contributed by atoms with Gasteiger partial charge in [-0.2, -0.15) is 0 Å². The van der Waals surface area contributed by atoms with Crippen LogP contribution in [0.3, 0.4) is 0 Å². The van der Waals surface area contributed by atoms with Crippen LogP contribution in [0.1, 0.15) is 72.1 Å². The quantitative estimate of drug-likeness (QED) is 0.772. The molecule has 0 aromatic carbocycles. The van der Waals surface area contributed by atoms with Gasteiger partial charge in [0.2, 0.25) is 5.91 Å². The summed E-state index contributed by atoms with van der Waals surface area (Å²) in [4.78, 5) is 17.5. The number of piperidine rings is 2. The molecule has 21 heavy (non-hydrogen) atoms. The first kappa shape index (κ1) is 16.8. The molecule has 2 aliphatic heterocycles. The smallest absolute Gasteiger partial charge is 0.228 e. The van der Waals surface area contributed by atoms with Crippen LogP contribution in [0.15, 0.2) is 0 Å². The van der Waals surface area contributed by atoms with E-state index in [1.165, 1.54) is 51.6 Å². The molecule has 2 aliphatic rings. The Labute approximate surface area is 131 Å². The molecule has 1 amide bonds. The van der Waals surface area contributed by atoms with E-state index >= 15 is 0 Å². The lowest BCUT2D eigenvalue weighted by molar-refractivity contribution is -0.142. The van der Waals surface area contributed by atoms with Gasteiger partial charge in [0.05, 0.1) is 0 Å². The van der Waals surface area contributed by atoms with Crippen molar-refractivity contribution in [1.29, 1.82) is 0 Å². The van der Waals surface area contributed by atoms with E-state index in [1.54, 1.807) is 0 Å². The fourth-order valence-corrected chi connectivity index (χ4v) is 3.87. The lowest BCUT2D eigenvalue weighted by Gasteiger charge is -2.42. The van der Waals surface area contributed by atoms with Gasteiger partial charge in [-0.15, -0.1) is 0 Å². The van der Waals surface area contributed by atoms with Gasteiger partial charge in [0.15, 0.2) is 0 Å². The van der Waals surface area contributed by atoms with Crippen LogP contribution in [0, 0.1) is 5.41 Å². The van der Waals surface area contributed by atoms with Crippen LogP contribution in [-0.2, 0) is 4.79 Å². The summed E-state index contributed by atoms with van der Waals surface area (Å²) in [5.74, 6) is 0.382. The second kappa shape index (κ2) is 7.62. The summed E-state index contributed by atoms with van der Waals surface area (Å²) in [7, 11) is 0. The van der Waals surface area contributed by atoms with Gasteiger partial charge in [0, 0.05) is 24.5 Å². The highest BCUT2D eigenvalue weighted by Crippen LogP contribution is 2.29. The van der Waals surface area contributed by atoms with Crippen molar-refractivity contribution in [3.63, 3.8) is 0 Å².